The second-order valence-corrected chi connectivity index (χ2v) is 4.52. The van der Waals surface area contributed by atoms with Gasteiger partial charge in [0.05, 0.1) is 0 Å². The van der Waals surface area contributed by atoms with Crippen molar-refractivity contribution in [1.29, 1.82) is 0 Å². The number of likely N-dealkylation sites (tertiary alicyclic amines) is 1. The Labute approximate surface area is 93.0 Å². The molecule has 1 saturated heterocycles. The Morgan fingerprint density at radius 1 is 1.57 bits per heavy atom. The Bertz CT molecular complexity index is 238. The van der Waals surface area contributed by atoms with E-state index in [-0.39, 0.29) is 17.7 Å². The van der Waals surface area contributed by atoms with Gasteiger partial charge in [0.2, 0.25) is 11.8 Å². The Balaban J connectivity index is 2.59. The Morgan fingerprint density at radius 2 is 2.21 bits per heavy atom. The first-order chi connectivity index (χ1) is 6.60. The molecular weight excluding hydrogens is 246 g/mol. The first-order valence-corrected chi connectivity index (χ1v) is 6.12. The van der Waals surface area contributed by atoms with Crippen LogP contribution in [0.15, 0.2) is 0 Å². The molecule has 0 aromatic carbocycles. The minimum atomic E-state index is -0.115. The highest BCUT2D eigenvalue weighted by atomic mass is 79.9. The van der Waals surface area contributed by atoms with E-state index in [9.17, 15) is 9.59 Å². The third-order valence-electron chi connectivity index (χ3n) is 2.71. The van der Waals surface area contributed by atoms with E-state index < -0.39 is 0 Å². The number of rotatable bonds is 4. The number of carbonyl (C=O) groups excluding carboxylic acids is 2. The average molecular weight is 262 g/mol. The van der Waals surface area contributed by atoms with Gasteiger partial charge in [0.1, 0.15) is 0 Å². The monoisotopic (exact) mass is 261 g/mol. The smallest absolute Gasteiger partial charge is 0.232 e. The Kier molecular flexibility index (Phi) is 4.11. The van der Waals surface area contributed by atoms with Crippen molar-refractivity contribution < 1.29 is 9.59 Å². The van der Waals surface area contributed by atoms with Crippen LogP contribution in [0.1, 0.15) is 26.7 Å². The zero-order valence-electron chi connectivity index (χ0n) is 8.62. The molecule has 0 aromatic rings. The van der Waals surface area contributed by atoms with E-state index >= 15 is 0 Å². The molecule has 80 valence electrons. The van der Waals surface area contributed by atoms with Gasteiger partial charge in [0, 0.05) is 24.2 Å². The molecule has 2 atom stereocenters. The van der Waals surface area contributed by atoms with Gasteiger partial charge >= 0.3 is 0 Å². The van der Waals surface area contributed by atoms with Crippen molar-refractivity contribution >= 4 is 27.7 Å². The van der Waals surface area contributed by atoms with Gasteiger partial charge in [-0.2, -0.15) is 0 Å². The van der Waals surface area contributed by atoms with Gasteiger partial charge in [-0.3, -0.25) is 14.5 Å². The lowest BCUT2D eigenvalue weighted by molar-refractivity contribution is -0.139. The SMILES string of the molecule is CCC(CBr)CN1C(=O)CC(C)C1=O. The summed E-state index contributed by atoms with van der Waals surface area (Å²) in [5.41, 5.74) is 0. The second kappa shape index (κ2) is 4.91. The van der Waals surface area contributed by atoms with Gasteiger partial charge in [-0.25, -0.2) is 0 Å². The molecular formula is C10H16BrNO2. The molecule has 1 aliphatic heterocycles. The van der Waals surface area contributed by atoms with Gasteiger partial charge in [0.15, 0.2) is 0 Å². The maximum absolute atomic E-state index is 11.6. The summed E-state index contributed by atoms with van der Waals surface area (Å²) in [5, 5.41) is 0.842. The molecule has 0 spiro atoms. The summed E-state index contributed by atoms with van der Waals surface area (Å²) in [5.74, 6) is 0.250. The minimum Gasteiger partial charge on any atom is -0.282 e. The number of hydrogen-bond donors (Lipinski definition) is 0. The summed E-state index contributed by atoms with van der Waals surface area (Å²) in [4.78, 5) is 24.4. The lowest BCUT2D eigenvalue weighted by Crippen LogP contribution is -2.35. The molecule has 1 fully saturated rings. The maximum Gasteiger partial charge on any atom is 0.232 e. The molecule has 1 aliphatic rings. The molecule has 0 bridgehead atoms. The zero-order valence-corrected chi connectivity index (χ0v) is 10.2. The lowest BCUT2D eigenvalue weighted by atomic mass is 10.1. The molecule has 2 unspecified atom stereocenters. The first kappa shape index (κ1) is 11.7. The van der Waals surface area contributed by atoms with Crippen molar-refractivity contribution in [2.45, 2.75) is 26.7 Å². The van der Waals surface area contributed by atoms with Crippen LogP contribution in [-0.2, 0) is 9.59 Å². The predicted molar refractivity (Wildman–Crippen MR) is 58.1 cm³/mol. The van der Waals surface area contributed by atoms with E-state index in [2.05, 4.69) is 22.9 Å². The normalized spacial score (nSPS) is 24.5. The molecule has 0 radical (unpaired) electrons. The lowest BCUT2D eigenvalue weighted by Gasteiger charge is -2.19. The third-order valence-corrected chi connectivity index (χ3v) is 3.62. The summed E-state index contributed by atoms with van der Waals surface area (Å²) in [6.45, 7) is 4.46. The van der Waals surface area contributed by atoms with Crippen molar-refractivity contribution in [3.05, 3.63) is 0 Å². The summed E-state index contributed by atoms with van der Waals surface area (Å²) in [6, 6.07) is 0. The van der Waals surface area contributed by atoms with Gasteiger partial charge in [-0.1, -0.05) is 36.2 Å². The van der Waals surface area contributed by atoms with E-state index in [1.165, 1.54) is 4.90 Å². The summed E-state index contributed by atoms with van der Waals surface area (Å²) in [7, 11) is 0. The number of hydrogen-bond acceptors (Lipinski definition) is 2. The quantitative estimate of drug-likeness (QED) is 0.572. The van der Waals surface area contributed by atoms with Gasteiger partial charge < -0.3 is 0 Å². The van der Waals surface area contributed by atoms with E-state index in [4.69, 9.17) is 0 Å². The standard InChI is InChI=1S/C10H16BrNO2/c1-3-8(5-11)6-12-9(13)4-7(2)10(12)14/h7-8H,3-6H2,1-2H3. The van der Waals surface area contributed by atoms with E-state index in [1.807, 2.05) is 6.92 Å². The molecule has 0 aliphatic carbocycles. The number of carbonyl (C=O) groups is 2. The molecule has 2 amide bonds. The number of nitrogens with zero attached hydrogens (tertiary/aromatic N) is 1. The van der Waals surface area contributed by atoms with Gasteiger partial charge in [0.25, 0.3) is 0 Å². The largest absolute Gasteiger partial charge is 0.282 e. The number of halogens is 1. The van der Waals surface area contributed by atoms with E-state index in [0.29, 0.717) is 18.9 Å². The van der Waals surface area contributed by atoms with Crippen LogP contribution in [0.3, 0.4) is 0 Å². The molecule has 1 rings (SSSR count). The van der Waals surface area contributed by atoms with Crippen LogP contribution in [0, 0.1) is 11.8 Å². The molecule has 1 heterocycles. The van der Waals surface area contributed by atoms with Crippen LogP contribution < -0.4 is 0 Å². The maximum atomic E-state index is 11.6. The number of imide groups is 1. The van der Waals surface area contributed by atoms with Crippen LogP contribution in [0.5, 0.6) is 0 Å². The highest BCUT2D eigenvalue weighted by molar-refractivity contribution is 9.09. The van der Waals surface area contributed by atoms with Crippen LogP contribution in [-0.4, -0.2) is 28.6 Å². The van der Waals surface area contributed by atoms with Crippen LogP contribution in [0.2, 0.25) is 0 Å². The first-order valence-electron chi connectivity index (χ1n) is 5.00. The van der Waals surface area contributed by atoms with E-state index in [0.717, 1.165) is 11.8 Å². The fourth-order valence-corrected chi connectivity index (χ4v) is 2.25. The number of alkyl halides is 1. The Morgan fingerprint density at radius 3 is 2.57 bits per heavy atom. The summed E-state index contributed by atoms with van der Waals surface area (Å²) >= 11 is 3.39. The van der Waals surface area contributed by atoms with Crippen molar-refractivity contribution in [2.24, 2.45) is 11.8 Å². The molecule has 4 heteroatoms. The van der Waals surface area contributed by atoms with Crippen LogP contribution in [0.25, 0.3) is 0 Å². The number of amides is 2. The Hall–Kier alpha value is -0.380. The van der Waals surface area contributed by atoms with E-state index in [1.54, 1.807) is 0 Å². The molecule has 3 nitrogen and oxygen atoms in total. The average Bonchev–Trinajstić information content (AvgIpc) is 2.40. The van der Waals surface area contributed by atoms with Crippen molar-refractivity contribution in [3.63, 3.8) is 0 Å². The van der Waals surface area contributed by atoms with Crippen molar-refractivity contribution in [2.75, 3.05) is 11.9 Å². The van der Waals surface area contributed by atoms with Crippen molar-refractivity contribution in [3.8, 4) is 0 Å². The van der Waals surface area contributed by atoms with Crippen LogP contribution in [0.4, 0.5) is 0 Å². The summed E-state index contributed by atoms with van der Waals surface area (Å²) in [6.07, 6.45) is 1.37. The predicted octanol–water partition coefficient (Wildman–Crippen LogP) is 1.80. The third kappa shape index (κ3) is 2.35. The molecule has 0 saturated carbocycles. The van der Waals surface area contributed by atoms with Crippen LogP contribution >= 0.6 is 15.9 Å². The summed E-state index contributed by atoms with van der Waals surface area (Å²) < 4.78 is 0. The molecule has 0 aromatic heterocycles. The fourth-order valence-electron chi connectivity index (χ4n) is 1.59. The highest BCUT2D eigenvalue weighted by Gasteiger charge is 2.36. The zero-order chi connectivity index (χ0) is 10.7. The molecule has 14 heavy (non-hydrogen) atoms. The fraction of sp³-hybridized carbons (Fsp3) is 0.800. The molecule has 0 N–H and O–H groups in total. The highest BCUT2D eigenvalue weighted by Crippen LogP contribution is 2.21. The topological polar surface area (TPSA) is 37.4 Å². The van der Waals surface area contributed by atoms with Gasteiger partial charge in [-0.15, -0.1) is 0 Å². The van der Waals surface area contributed by atoms with Crippen molar-refractivity contribution in [1.82, 2.24) is 4.90 Å². The van der Waals surface area contributed by atoms with Gasteiger partial charge in [-0.05, 0) is 5.92 Å². The minimum absolute atomic E-state index is 0.00519. The second-order valence-electron chi connectivity index (χ2n) is 3.88.